The van der Waals surface area contributed by atoms with E-state index >= 15 is 0 Å². The summed E-state index contributed by atoms with van der Waals surface area (Å²) in [6, 6.07) is 15.5. The zero-order chi connectivity index (χ0) is 40.7. The Labute approximate surface area is 321 Å². The van der Waals surface area contributed by atoms with Gasteiger partial charge in [0.1, 0.15) is 23.3 Å². The van der Waals surface area contributed by atoms with Crippen LogP contribution in [-0.2, 0) is 14.3 Å². The highest BCUT2D eigenvalue weighted by molar-refractivity contribution is 6.10. The van der Waals surface area contributed by atoms with Gasteiger partial charge in [-0.2, -0.15) is 0 Å². The molecule has 1 saturated carbocycles. The van der Waals surface area contributed by atoms with Crippen LogP contribution < -0.4 is 30.7 Å². The average molecular weight is 755 g/mol. The molecule has 292 valence electrons. The summed E-state index contributed by atoms with van der Waals surface area (Å²) in [5.41, 5.74) is -0.817. The quantitative estimate of drug-likeness (QED) is 0.0944. The molecule has 0 bridgehead atoms. The van der Waals surface area contributed by atoms with E-state index in [0.29, 0.717) is 23.4 Å². The number of ether oxygens (including phenoxy) is 4. The number of alkyl carbamates (subject to hydrolysis) is 1. The Bertz CT molecular complexity index is 1940. The molecule has 0 spiro atoms. The third kappa shape index (κ3) is 11.2. The van der Waals surface area contributed by atoms with Gasteiger partial charge in [-0.05, 0) is 122 Å². The van der Waals surface area contributed by atoms with Gasteiger partial charge in [-0.25, -0.2) is 9.59 Å². The van der Waals surface area contributed by atoms with Crippen LogP contribution >= 0.6 is 0 Å². The van der Waals surface area contributed by atoms with Crippen molar-refractivity contribution in [1.29, 1.82) is 0 Å². The molecular formula is C42H50N4O9. The van der Waals surface area contributed by atoms with Gasteiger partial charge < -0.3 is 40.2 Å². The summed E-state index contributed by atoms with van der Waals surface area (Å²) in [4.78, 5) is 65.4. The molecule has 0 heterocycles. The number of amides is 4. The Morgan fingerprint density at radius 1 is 0.764 bits per heavy atom. The topological polar surface area (TPSA) is 170 Å². The first-order chi connectivity index (χ1) is 25.7. The molecule has 4 amide bonds. The van der Waals surface area contributed by atoms with Crippen LogP contribution in [0.5, 0.6) is 11.5 Å². The SMILES string of the molecule is C=CCOc1c(C(=O)Nc2ccc(C(=O)OC(C)(C)C)cc2)ccc(NC(=O)c2ccc(NC(=O)[C@@]3(NC(=O)OC(C)(C)C)C[C@H]3C=C)cc2)c1OC(C)C. The number of nitrogens with one attached hydrogen (secondary N) is 4. The monoisotopic (exact) mass is 754 g/mol. The predicted molar refractivity (Wildman–Crippen MR) is 211 cm³/mol. The van der Waals surface area contributed by atoms with Crippen molar-refractivity contribution in [1.82, 2.24) is 5.32 Å². The number of benzene rings is 3. The standard InChI is InChI=1S/C42H50N4O9/c1-11-23-52-33-31(36(48)43-29-19-15-27(16-20-29)37(49)54-40(5,6)7)21-22-32(34(33)53-25(3)4)45-35(47)26-13-17-30(18-14-26)44-38(50)42(24-28(42)12-2)46-39(51)55-41(8,9)10/h11-22,25,28H,1-2,23-24H2,3-10H3,(H,43,48)(H,44,50)(H,45,47)(H,46,51)/t28-,42-/m1/s1. The largest absolute Gasteiger partial charge is 0.485 e. The highest BCUT2D eigenvalue weighted by Crippen LogP contribution is 2.45. The van der Waals surface area contributed by atoms with Crippen molar-refractivity contribution >= 4 is 46.8 Å². The van der Waals surface area contributed by atoms with Gasteiger partial charge in [-0.1, -0.05) is 18.7 Å². The molecule has 0 radical (unpaired) electrons. The van der Waals surface area contributed by atoms with E-state index in [2.05, 4.69) is 34.4 Å². The fraction of sp³-hybridized carbons (Fsp3) is 0.357. The maximum atomic E-state index is 13.6. The van der Waals surface area contributed by atoms with E-state index in [4.69, 9.17) is 18.9 Å². The molecule has 1 aliphatic carbocycles. The Balaban J connectivity index is 1.52. The van der Waals surface area contributed by atoms with Crippen LogP contribution in [0.4, 0.5) is 21.9 Å². The molecule has 0 aromatic heterocycles. The zero-order valence-electron chi connectivity index (χ0n) is 32.6. The lowest BCUT2D eigenvalue weighted by Gasteiger charge is -2.23. The fourth-order valence-electron chi connectivity index (χ4n) is 5.37. The lowest BCUT2D eigenvalue weighted by molar-refractivity contribution is -0.119. The van der Waals surface area contributed by atoms with Gasteiger partial charge in [-0.3, -0.25) is 14.4 Å². The summed E-state index contributed by atoms with van der Waals surface area (Å²) in [7, 11) is 0. The maximum absolute atomic E-state index is 13.6. The number of hydrogen-bond donors (Lipinski definition) is 4. The van der Waals surface area contributed by atoms with Crippen molar-refractivity contribution < 1.29 is 42.9 Å². The third-order valence-electron chi connectivity index (χ3n) is 7.91. The third-order valence-corrected chi connectivity index (χ3v) is 7.91. The molecule has 4 rings (SSSR count). The van der Waals surface area contributed by atoms with E-state index in [1.807, 2.05) is 0 Å². The van der Waals surface area contributed by atoms with Crippen LogP contribution in [-0.4, -0.2) is 59.2 Å². The highest BCUT2D eigenvalue weighted by atomic mass is 16.6. The van der Waals surface area contributed by atoms with Crippen LogP contribution in [0.3, 0.4) is 0 Å². The smallest absolute Gasteiger partial charge is 0.408 e. The number of hydrogen-bond acceptors (Lipinski definition) is 9. The maximum Gasteiger partial charge on any atom is 0.408 e. The summed E-state index contributed by atoms with van der Waals surface area (Å²) in [5.74, 6) is -2.01. The van der Waals surface area contributed by atoms with E-state index in [1.54, 1.807) is 97.9 Å². The van der Waals surface area contributed by atoms with Gasteiger partial charge in [0, 0.05) is 22.9 Å². The Hall–Kier alpha value is -6.11. The molecule has 1 aliphatic rings. The second-order valence-electron chi connectivity index (χ2n) is 15.2. The molecule has 3 aromatic carbocycles. The molecule has 55 heavy (non-hydrogen) atoms. The van der Waals surface area contributed by atoms with Gasteiger partial charge in [0.2, 0.25) is 0 Å². The van der Waals surface area contributed by atoms with Crippen molar-refractivity contribution in [3.63, 3.8) is 0 Å². The van der Waals surface area contributed by atoms with Gasteiger partial charge in [0.15, 0.2) is 11.5 Å². The number of esters is 1. The van der Waals surface area contributed by atoms with Gasteiger partial charge in [-0.15, -0.1) is 6.58 Å². The second-order valence-corrected chi connectivity index (χ2v) is 15.2. The van der Waals surface area contributed by atoms with Crippen molar-refractivity contribution in [2.45, 2.75) is 84.7 Å². The van der Waals surface area contributed by atoms with E-state index in [1.165, 1.54) is 30.3 Å². The van der Waals surface area contributed by atoms with Crippen LogP contribution in [0.25, 0.3) is 0 Å². The van der Waals surface area contributed by atoms with Gasteiger partial charge in [0.05, 0.1) is 22.9 Å². The molecule has 0 saturated heterocycles. The molecule has 0 unspecified atom stereocenters. The summed E-state index contributed by atoms with van der Waals surface area (Å²) in [6.45, 7) is 21.6. The Morgan fingerprint density at radius 2 is 1.35 bits per heavy atom. The zero-order valence-corrected chi connectivity index (χ0v) is 32.6. The number of anilines is 3. The molecule has 4 N–H and O–H groups in total. The molecule has 0 aliphatic heterocycles. The summed E-state index contributed by atoms with van der Waals surface area (Å²) in [5, 5.41) is 11.2. The number of rotatable bonds is 14. The van der Waals surface area contributed by atoms with Crippen LogP contribution in [0.15, 0.2) is 86.0 Å². The first kappa shape index (κ1) is 41.6. The van der Waals surface area contributed by atoms with E-state index < -0.39 is 46.5 Å². The Kier molecular flexibility index (Phi) is 12.8. The Morgan fingerprint density at radius 3 is 1.87 bits per heavy atom. The second kappa shape index (κ2) is 16.9. The normalized spacial score (nSPS) is 16.2. The average Bonchev–Trinajstić information content (AvgIpc) is 3.80. The molecule has 1 fully saturated rings. The van der Waals surface area contributed by atoms with Crippen molar-refractivity contribution in [2.24, 2.45) is 5.92 Å². The van der Waals surface area contributed by atoms with Crippen molar-refractivity contribution in [3.05, 3.63) is 103 Å². The summed E-state index contributed by atoms with van der Waals surface area (Å²) >= 11 is 0. The molecule has 13 nitrogen and oxygen atoms in total. The van der Waals surface area contributed by atoms with E-state index in [0.717, 1.165) is 0 Å². The van der Waals surface area contributed by atoms with Crippen molar-refractivity contribution in [2.75, 3.05) is 22.6 Å². The molecule has 13 heteroatoms. The van der Waals surface area contributed by atoms with E-state index in [-0.39, 0.29) is 46.9 Å². The minimum atomic E-state index is -1.20. The molecule has 2 atom stereocenters. The fourth-order valence-corrected chi connectivity index (χ4v) is 5.37. The lowest BCUT2D eigenvalue weighted by Crippen LogP contribution is -2.49. The van der Waals surface area contributed by atoms with Gasteiger partial charge >= 0.3 is 12.1 Å². The van der Waals surface area contributed by atoms with E-state index in [9.17, 15) is 24.0 Å². The highest BCUT2D eigenvalue weighted by Gasteiger charge is 2.60. The predicted octanol–water partition coefficient (Wildman–Crippen LogP) is 7.91. The van der Waals surface area contributed by atoms with Crippen LogP contribution in [0.1, 0.15) is 92.9 Å². The first-order valence-corrected chi connectivity index (χ1v) is 17.8. The first-order valence-electron chi connectivity index (χ1n) is 17.8. The van der Waals surface area contributed by atoms with Gasteiger partial charge in [0.25, 0.3) is 17.7 Å². The summed E-state index contributed by atoms with van der Waals surface area (Å²) < 4.78 is 22.8. The van der Waals surface area contributed by atoms with Crippen LogP contribution in [0, 0.1) is 5.92 Å². The molecular weight excluding hydrogens is 704 g/mol. The number of carbonyl (C=O) groups is 5. The summed E-state index contributed by atoms with van der Waals surface area (Å²) in [6.07, 6.45) is 2.41. The van der Waals surface area contributed by atoms with Crippen molar-refractivity contribution in [3.8, 4) is 11.5 Å². The molecule has 3 aromatic rings. The lowest BCUT2D eigenvalue weighted by atomic mass is 10.1. The van der Waals surface area contributed by atoms with Crippen LogP contribution in [0.2, 0.25) is 0 Å². The minimum absolute atomic E-state index is 0.0338. The minimum Gasteiger partial charge on any atom is -0.485 e. The number of carbonyl (C=O) groups excluding carboxylic acids is 5.